The fraction of sp³-hybridized carbons (Fsp3) is 0.375. The van der Waals surface area contributed by atoms with Crippen molar-refractivity contribution < 1.29 is 4.42 Å². The van der Waals surface area contributed by atoms with E-state index < -0.39 is 0 Å². The Balaban J connectivity index is 1.30. The van der Waals surface area contributed by atoms with Crippen LogP contribution in [-0.4, -0.2) is 52.1 Å². The number of aromatic nitrogens is 2. The van der Waals surface area contributed by atoms with E-state index in [-0.39, 0.29) is 11.9 Å². The molecule has 1 saturated heterocycles. The van der Waals surface area contributed by atoms with Crippen LogP contribution in [0.25, 0.3) is 11.0 Å². The lowest BCUT2D eigenvalue weighted by Crippen LogP contribution is -2.33. The molecule has 0 amide bonds. The Morgan fingerprint density at radius 2 is 1.93 bits per heavy atom. The van der Waals surface area contributed by atoms with Crippen LogP contribution >= 0.6 is 23.2 Å². The fourth-order valence-electron chi connectivity index (χ4n) is 5.71. The van der Waals surface area contributed by atoms with Crippen molar-refractivity contribution in [3.63, 3.8) is 0 Å². The van der Waals surface area contributed by atoms with Crippen molar-refractivity contribution in [2.24, 2.45) is 11.7 Å². The van der Waals surface area contributed by atoms with Crippen LogP contribution in [0, 0.1) is 23.7 Å². The highest BCUT2D eigenvalue weighted by Gasteiger charge is 2.29. The standard InChI is InChI=1S/C32H37Cl2N7O/c1-3-41-11-10-22(18-41)28(8-6-25-16-23-15-21(32(36)37)5-9-29(23)42-25)39-30-12-19(2)38-31(40-30)17-24(35)13-20-4-7-26(33)27(34)14-20/h4-5,7,9,12,14-16,22,28,35H,3,6,8,10-11,13,17-18H2,1-2H3,(H3,36,37)(H,38,39,40). The van der Waals surface area contributed by atoms with Gasteiger partial charge >= 0.3 is 0 Å². The smallest absolute Gasteiger partial charge is 0.136 e. The van der Waals surface area contributed by atoms with Crippen molar-refractivity contribution in [2.75, 3.05) is 25.0 Å². The number of benzene rings is 2. The lowest BCUT2D eigenvalue weighted by Gasteiger charge is -2.26. The highest BCUT2D eigenvalue weighted by Crippen LogP contribution is 2.28. The maximum atomic E-state index is 8.58. The van der Waals surface area contributed by atoms with E-state index in [0.717, 1.165) is 72.7 Å². The number of nitrogens with two attached hydrogens (primary N) is 1. The summed E-state index contributed by atoms with van der Waals surface area (Å²) in [6, 6.07) is 15.3. The number of aryl methyl sites for hydroxylation is 2. The maximum absolute atomic E-state index is 8.58. The zero-order chi connectivity index (χ0) is 29.8. The summed E-state index contributed by atoms with van der Waals surface area (Å²) in [5.74, 6) is 2.86. The molecular weight excluding hydrogens is 569 g/mol. The Morgan fingerprint density at radius 1 is 1.10 bits per heavy atom. The quantitative estimate of drug-likeness (QED) is 0.105. The van der Waals surface area contributed by atoms with Crippen molar-refractivity contribution in [3.8, 4) is 0 Å². The van der Waals surface area contributed by atoms with E-state index in [9.17, 15) is 0 Å². The van der Waals surface area contributed by atoms with Gasteiger partial charge in [-0.15, -0.1) is 0 Å². The van der Waals surface area contributed by atoms with E-state index in [1.165, 1.54) is 0 Å². The molecule has 0 aliphatic carbocycles. The summed E-state index contributed by atoms with van der Waals surface area (Å²) in [7, 11) is 0. The number of nitrogens with one attached hydrogen (secondary N) is 3. The summed E-state index contributed by atoms with van der Waals surface area (Å²) in [6.07, 6.45) is 3.59. The predicted molar refractivity (Wildman–Crippen MR) is 172 cm³/mol. The Kier molecular flexibility index (Phi) is 9.46. The molecule has 5 N–H and O–H groups in total. The van der Waals surface area contributed by atoms with E-state index in [1.54, 1.807) is 12.1 Å². The van der Waals surface area contributed by atoms with Crippen LogP contribution in [0.4, 0.5) is 5.82 Å². The number of hydrogen-bond acceptors (Lipinski definition) is 7. The van der Waals surface area contributed by atoms with Crippen LogP contribution in [-0.2, 0) is 19.3 Å². The van der Waals surface area contributed by atoms with Crippen molar-refractivity contribution in [3.05, 3.63) is 87.0 Å². The van der Waals surface area contributed by atoms with Gasteiger partial charge in [0, 0.05) is 60.3 Å². The van der Waals surface area contributed by atoms with Gasteiger partial charge in [-0.05, 0) is 80.7 Å². The molecule has 2 aromatic carbocycles. The van der Waals surface area contributed by atoms with Crippen LogP contribution in [0.1, 0.15) is 48.2 Å². The number of nitrogen functional groups attached to an aromatic ring is 1. The van der Waals surface area contributed by atoms with Crippen LogP contribution in [0.3, 0.4) is 0 Å². The number of nitrogens with zero attached hydrogens (tertiary/aromatic N) is 3. The number of anilines is 1. The second-order valence-electron chi connectivity index (χ2n) is 11.1. The second kappa shape index (κ2) is 13.2. The van der Waals surface area contributed by atoms with Gasteiger partial charge in [0.1, 0.15) is 28.8 Å². The first-order chi connectivity index (χ1) is 20.2. The molecule has 4 aromatic rings. The van der Waals surface area contributed by atoms with E-state index in [2.05, 4.69) is 28.2 Å². The molecule has 1 aliphatic rings. The van der Waals surface area contributed by atoms with Gasteiger partial charge in [0.25, 0.3) is 0 Å². The summed E-state index contributed by atoms with van der Waals surface area (Å²) < 4.78 is 6.14. The molecule has 0 saturated carbocycles. The highest BCUT2D eigenvalue weighted by atomic mass is 35.5. The normalized spacial score (nSPS) is 16.1. The average molecular weight is 607 g/mol. The number of likely N-dealkylation sites (tertiary alicyclic amines) is 1. The minimum absolute atomic E-state index is 0.0506. The van der Waals surface area contributed by atoms with Gasteiger partial charge in [-0.2, -0.15) is 0 Å². The average Bonchev–Trinajstić information content (AvgIpc) is 3.59. The SMILES string of the molecule is CCN1CCC(C(CCc2cc3cc(C(=N)N)ccc3o2)Nc2cc(C)nc(CC(=N)Cc3ccc(Cl)c(Cl)c3)n2)C1. The first-order valence-corrected chi connectivity index (χ1v) is 15.1. The number of halogens is 2. The number of rotatable bonds is 12. The Hall–Kier alpha value is -3.46. The molecule has 5 rings (SSSR count). The summed E-state index contributed by atoms with van der Waals surface area (Å²) in [5.41, 5.74) is 9.48. The third-order valence-electron chi connectivity index (χ3n) is 7.91. The van der Waals surface area contributed by atoms with E-state index >= 15 is 0 Å². The molecule has 0 radical (unpaired) electrons. The number of fused-ring (bicyclic) bond motifs is 1. The summed E-state index contributed by atoms with van der Waals surface area (Å²) in [5, 5.41) is 22.0. The van der Waals surface area contributed by atoms with E-state index in [1.807, 2.05) is 37.3 Å². The maximum Gasteiger partial charge on any atom is 0.136 e. The van der Waals surface area contributed by atoms with Crippen LogP contribution in [0.2, 0.25) is 10.0 Å². The summed E-state index contributed by atoms with van der Waals surface area (Å²) in [6.45, 7) is 7.36. The number of furan rings is 1. The number of hydrogen-bond donors (Lipinski definition) is 4. The van der Waals surface area contributed by atoms with Gasteiger partial charge in [-0.1, -0.05) is 36.2 Å². The lowest BCUT2D eigenvalue weighted by atomic mass is 9.94. The minimum atomic E-state index is 0.0506. The van der Waals surface area contributed by atoms with Crippen LogP contribution < -0.4 is 11.1 Å². The minimum Gasteiger partial charge on any atom is -0.461 e. The first-order valence-electron chi connectivity index (χ1n) is 14.4. The molecule has 0 spiro atoms. The van der Waals surface area contributed by atoms with Gasteiger partial charge in [0.15, 0.2) is 0 Å². The van der Waals surface area contributed by atoms with E-state index in [4.69, 9.17) is 49.2 Å². The monoisotopic (exact) mass is 605 g/mol. The van der Waals surface area contributed by atoms with Crippen molar-refractivity contribution in [1.29, 1.82) is 10.8 Å². The Morgan fingerprint density at radius 3 is 2.67 bits per heavy atom. The molecular formula is C32H37Cl2N7O. The molecule has 2 unspecified atom stereocenters. The molecule has 220 valence electrons. The fourth-order valence-corrected chi connectivity index (χ4v) is 6.03. The van der Waals surface area contributed by atoms with Gasteiger partial charge in [-0.25, -0.2) is 9.97 Å². The zero-order valence-corrected chi connectivity index (χ0v) is 25.5. The molecule has 1 fully saturated rings. The molecule has 1 aliphatic heterocycles. The third kappa shape index (κ3) is 7.48. The van der Waals surface area contributed by atoms with Gasteiger partial charge < -0.3 is 25.8 Å². The van der Waals surface area contributed by atoms with Gasteiger partial charge in [0.05, 0.1) is 10.0 Å². The van der Waals surface area contributed by atoms with Gasteiger partial charge in [-0.3, -0.25) is 5.41 Å². The van der Waals surface area contributed by atoms with Crippen LogP contribution in [0.5, 0.6) is 0 Å². The van der Waals surface area contributed by atoms with Gasteiger partial charge in [0.2, 0.25) is 0 Å². The summed E-state index contributed by atoms with van der Waals surface area (Å²) in [4.78, 5) is 12.0. The first kappa shape index (κ1) is 30.0. The lowest BCUT2D eigenvalue weighted by molar-refractivity contribution is 0.327. The molecule has 3 heterocycles. The zero-order valence-electron chi connectivity index (χ0n) is 24.0. The Labute approximate surface area is 256 Å². The highest BCUT2D eigenvalue weighted by molar-refractivity contribution is 6.42. The molecule has 0 bridgehead atoms. The molecule has 42 heavy (non-hydrogen) atoms. The molecule has 2 atom stereocenters. The topological polar surface area (TPSA) is 128 Å². The van der Waals surface area contributed by atoms with Crippen LogP contribution in [0.15, 0.2) is 52.9 Å². The number of amidine groups is 1. The summed E-state index contributed by atoms with van der Waals surface area (Å²) >= 11 is 12.2. The second-order valence-corrected chi connectivity index (χ2v) is 11.9. The molecule has 10 heteroatoms. The third-order valence-corrected chi connectivity index (χ3v) is 8.65. The molecule has 2 aromatic heterocycles. The largest absolute Gasteiger partial charge is 0.461 e. The van der Waals surface area contributed by atoms with Crippen molar-refractivity contribution in [1.82, 2.24) is 14.9 Å². The van der Waals surface area contributed by atoms with E-state index in [0.29, 0.717) is 45.9 Å². The predicted octanol–water partition coefficient (Wildman–Crippen LogP) is 6.68. The Bertz CT molecular complexity index is 1600. The van der Waals surface area contributed by atoms with Crippen molar-refractivity contribution in [2.45, 2.75) is 52.0 Å². The van der Waals surface area contributed by atoms with Crippen molar-refractivity contribution >= 4 is 51.5 Å². The molecule has 8 nitrogen and oxygen atoms in total.